The molecule has 0 saturated carbocycles. The van der Waals surface area contributed by atoms with E-state index in [4.69, 9.17) is 11.1 Å². The van der Waals surface area contributed by atoms with Crippen molar-refractivity contribution >= 4 is 26.2 Å². The molecule has 0 atom stereocenters. The zero-order chi connectivity index (χ0) is 24.6. The van der Waals surface area contributed by atoms with Crippen LogP contribution in [0.2, 0.25) is 5.04 Å². The topological polar surface area (TPSA) is 13.0 Å². The van der Waals surface area contributed by atoms with Gasteiger partial charge in [0.2, 0.25) is 0 Å². The van der Waals surface area contributed by atoms with E-state index in [1.807, 2.05) is 0 Å². The van der Waals surface area contributed by atoms with Crippen LogP contribution in [0.1, 0.15) is 104 Å². The van der Waals surface area contributed by atoms with Crippen LogP contribution in [-0.4, -0.2) is 55.6 Å². The van der Waals surface area contributed by atoms with Crippen LogP contribution < -0.4 is 0 Å². The first-order valence-corrected chi connectivity index (χ1v) is 17.5. The minimum absolute atomic E-state index is 0.00987. The van der Waals surface area contributed by atoms with E-state index in [0.29, 0.717) is 0 Å². The van der Waals surface area contributed by atoms with Gasteiger partial charge in [-0.05, 0) is 88.1 Å². The zero-order valence-electron chi connectivity index (χ0n) is 23.0. The first-order valence-electron chi connectivity index (χ1n) is 11.7. The molecule has 0 aromatic heterocycles. The van der Waals surface area contributed by atoms with Gasteiger partial charge in [0, 0.05) is 47.0 Å². The Labute approximate surface area is 200 Å². The molecule has 180 valence electrons. The van der Waals surface area contributed by atoms with Gasteiger partial charge in [0.1, 0.15) is 0 Å². The third-order valence-corrected chi connectivity index (χ3v) is 26.6. The maximum Gasteiger partial charge on any atom is 0.395 e. The Balaban J connectivity index is 3.07. The molecule has 0 radical (unpaired) electrons. The fourth-order valence-electron chi connectivity index (χ4n) is 5.51. The van der Waals surface area contributed by atoms with E-state index in [1.54, 1.807) is 0 Å². The minimum atomic E-state index is -2.86. The van der Waals surface area contributed by atoms with Crippen molar-refractivity contribution in [2.24, 2.45) is 0 Å². The van der Waals surface area contributed by atoms with Crippen molar-refractivity contribution in [3.8, 4) is 0 Å². The summed E-state index contributed by atoms with van der Waals surface area (Å²) in [5, 5.41) is -0.00987. The normalized spacial score (nSPS) is 22.2. The number of rotatable bonds is 1. The average molecular weight is 485 g/mol. The molecule has 0 saturated heterocycles. The van der Waals surface area contributed by atoms with Crippen molar-refractivity contribution in [1.29, 1.82) is 0 Å². The van der Waals surface area contributed by atoms with Gasteiger partial charge in [-0.15, -0.1) is 11.1 Å². The van der Waals surface area contributed by atoms with Crippen LogP contribution >= 0.6 is 11.1 Å². The molecule has 2 heterocycles. The number of hydrogen-bond donors (Lipinski definition) is 0. The predicted octanol–water partition coefficient (Wildman–Crippen LogP) is 6.86. The lowest BCUT2D eigenvalue weighted by Gasteiger charge is -2.66. The van der Waals surface area contributed by atoms with Crippen LogP contribution in [0.3, 0.4) is 0 Å². The zero-order valence-corrected chi connectivity index (χ0v) is 25.7. The van der Waals surface area contributed by atoms with Crippen LogP contribution in [0.4, 0.5) is 0 Å². The number of nitrogens with zero attached hydrogens (tertiary/aromatic N) is 4. The van der Waals surface area contributed by atoms with E-state index >= 15 is 0 Å². The van der Waals surface area contributed by atoms with Crippen molar-refractivity contribution in [3.63, 3.8) is 0 Å². The van der Waals surface area contributed by atoms with E-state index in [2.05, 4.69) is 147 Å². The summed E-state index contributed by atoms with van der Waals surface area (Å²) in [6.07, 6.45) is 9.32. The third kappa shape index (κ3) is 3.88. The van der Waals surface area contributed by atoms with Gasteiger partial charge in [-0.1, -0.05) is 20.8 Å². The monoisotopic (exact) mass is 484 g/mol. The van der Waals surface area contributed by atoms with Gasteiger partial charge in [0.15, 0.2) is 0 Å². The summed E-state index contributed by atoms with van der Waals surface area (Å²) in [6, 6.07) is 0. The van der Waals surface area contributed by atoms with Crippen LogP contribution in [0.25, 0.3) is 0 Å². The Morgan fingerprint density at radius 2 is 0.677 bits per heavy atom. The van der Waals surface area contributed by atoms with E-state index in [-0.39, 0.29) is 27.2 Å². The van der Waals surface area contributed by atoms with Gasteiger partial charge in [0.25, 0.3) is 0 Å². The molecule has 31 heavy (non-hydrogen) atoms. The highest BCUT2D eigenvalue weighted by Gasteiger charge is 2.80. The Bertz CT molecular complexity index is 694. The van der Waals surface area contributed by atoms with Crippen molar-refractivity contribution in [1.82, 2.24) is 18.3 Å². The van der Waals surface area contributed by atoms with E-state index in [9.17, 15) is 0 Å². The molecule has 0 aliphatic carbocycles. The lowest BCUT2D eigenvalue weighted by atomic mass is 10.1. The first kappa shape index (κ1) is 26.7. The molecule has 2 aliphatic heterocycles. The molecule has 2 aliphatic rings. The lowest BCUT2D eigenvalue weighted by molar-refractivity contribution is 0.233. The summed E-state index contributed by atoms with van der Waals surface area (Å²) in [7, 11) is -5.51. The second-order valence-corrected chi connectivity index (χ2v) is 26.9. The SMILES string of the molecule is CC(C)(C)N1C=CN(C(C)(C)C)[Si]1(Cl)[Si]1(C(C)(C)C)N(C(C)(C)C)C=CN1C(C)(C)C. The maximum atomic E-state index is 8.39. The third-order valence-electron chi connectivity index (χ3n) is 6.45. The molecule has 0 aromatic carbocycles. The van der Waals surface area contributed by atoms with Gasteiger partial charge in [-0.25, -0.2) is 0 Å². The van der Waals surface area contributed by atoms with Crippen LogP contribution in [-0.2, 0) is 0 Å². The summed E-state index contributed by atoms with van der Waals surface area (Å²) in [4.78, 5) is 0. The van der Waals surface area contributed by atoms with Gasteiger partial charge in [-0.2, -0.15) is 0 Å². The average Bonchev–Trinajstić information content (AvgIpc) is 3.03. The fraction of sp³-hybridized carbons (Fsp3) is 0.833. The molecular weight excluding hydrogens is 436 g/mol. The van der Waals surface area contributed by atoms with Crippen molar-refractivity contribution in [3.05, 3.63) is 24.8 Å². The number of hydrogen-bond acceptors (Lipinski definition) is 4. The Hall–Kier alpha value is -0.596. The smallest absolute Gasteiger partial charge is 0.379 e. The largest absolute Gasteiger partial charge is 0.395 e. The molecule has 0 fully saturated rings. The first-order chi connectivity index (χ1) is 13.4. The summed E-state index contributed by atoms with van der Waals surface area (Å²) in [6.45, 7) is 35.2. The molecule has 0 spiro atoms. The second kappa shape index (κ2) is 7.20. The lowest BCUT2D eigenvalue weighted by Crippen LogP contribution is -2.91. The Morgan fingerprint density at radius 3 is 0.871 bits per heavy atom. The molecule has 7 heteroatoms. The van der Waals surface area contributed by atoms with Gasteiger partial charge in [-0.3, -0.25) is 0 Å². The number of halogens is 1. The van der Waals surface area contributed by atoms with E-state index in [0.717, 1.165) is 0 Å². The summed E-state index contributed by atoms with van der Waals surface area (Å²) < 4.78 is 10.6. The summed E-state index contributed by atoms with van der Waals surface area (Å²) >= 11 is 8.39. The van der Waals surface area contributed by atoms with Gasteiger partial charge >= 0.3 is 15.1 Å². The Morgan fingerprint density at radius 1 is 0.452 bits per heavy atom. The van der Waals surface area contributed by atoms with Crippen LogP contribution in [0, 0.1) is 0 Å². The van der Waals surface area contributed by atoms with Gasteiger partial charge in [0.05, 0.1) is 0 Å². The maximum absolute atomic E-state index is 8.39. The van der Waals surface area contributed by atoms with Crippen LogP contribution in [0.15, 0.2) is 24.8 Å². The quantitative estimate of drug-likeness (QED) is 0.297. The van der Waals surface area contributed by atoms with Crippen molar-refractivity contribution in [2.75, 3.05) is 0 Å². The van der Waals surface area contributed by atoms with Crippen molar-refractivity contribution in [2.45, 2.75) is 131 Å². The molecule has 4 nitrogen and oxygen atoms in total. The molecule has 2 rings (SSSR count). The Kier molecular flexibility index (Phi) is 6.19. The van der Waals surface area contributed by atoms with E-state index in [1.165, 1.54) is 0 Å². The highest BCUT2D eigenvalue weighted by molar-refractivity contribution is 7.57. The molecule has 0 aromatic rings. The summed E-state index contributed by atoms with van der Waals surface area (Å²) in [5.41, 5.74) is -0.238. The predicted molar refractivity (Wildman–Crippen MR) is 142 cm³/mol. The molecule has 0 unspecified atom stereocenters. The highest BCUT2D eigenvalue weighted by atomic mass is 35.6. The summed E-state index contributed by atoms with van der Waals surface area (Å²) in [5.74, 6) is 0. The van der Waals surface area contributed by atoms with Crippen LogP contribution in [0.5, 0.6) is 0 Å². The molecular formula is C24H49ClN4Si2. The highest BCUT2D eigenvalue weighted by Crippen LogP contribution is 2.58. The van der Waals surface area contributed by atoms with Gasteiger partial charge < -0.3 is 18.3 Å². The molecule has 0 bridgehead atoms. The second-order valence-electron chi connectivity index (χ2n) is 14.3. The standard InChI is InChI=1S/C24H49ClN4Si2/c1-20(2,3)26-16-17-27(21(4,5)6)30(26,24(13,14)15)31(25)28(22(7,8)9)18-19-29(31)23(10,11)12/h16-19H,1-15H3. The molecule has 0 amide bonds. The van der Waals surface area contributed by atoms with E-state index < -0.39 is 15.1 Å². The fourth-order valence-corrected chi connectivity index (χ4v) is 32.2. The minimum Gasteiger partial charge on any atom is -0.379 e. The molecule has 0 N–H and O–H groups in total. The van der Waals surface area contributed by atoms with Crippen molar-refractivity contribution < 1.29 is 0 Å².